The summed E-state index contributed by atoms with van der Waals surface area (Å²) >= 11 is 0. The number of unbranched alkanes of at least 4 members (excludes halogenated alkanes) is 1. The van der Waals surface area contributed by atoms with Crippen molar-refractivity contribution in [2.75, 3.05) is 6.61 Å². The first kappa shape index (κ1) is 12.9. The van der Waals surface area contributed by atoms with Crippen LogP contribution in [-0.2, 0) is 19.1 Å². The molecule has 0 aliphatic rings. The Morgan fingerprint density at radius 1 is 1.50 bits per heavy atom. The molecule has 5 nitrogen and oxygen atoms in total. The molecule has 1 atom stereocenters. The molecule has 0 rings (SSSR count). The van der Waals surface area contributed by atoms with Gasteiger partial charge in [-0.1, -0.05) is 6.92 Å². The van der Waals surface area contributed by atoms with Crippen LogP contribution in [0.15, 0.2) is 0 Å². The predicted octanol–water partition coefficient (Wildman–Crippen LogP) is 0.568. The second-order valence-corrected chi connectivity index (χ2v) is 2.84. The van der Waals surface area contributed by atoms with E-state index < -0.39 is 6.23 Å². The second kappa shape index (κ2) is 8.50. The van der Waals surface area contributed by atoms with Gasteiger partial charge in [0.05, 0.1) is 6.61 Å². The molecule has 0 saturated carbocycles. The van der Waals surface area contributed by atoms with Crippen molar-refractivity contribution >= 4 is 12.4 Å². The lowest BCUT2D eigenvalue weighted by molar-refractivity contribution is -0.143. The second-order valence-electron chi connectivity index (χ2n) is 2.84. The summed E-state index contributed by atoms with van der Waals surface area (Å²) in [4.78, 5) is 20.6. The number of carbonyl (C=O) groups excluding carboxylic acids is 2. The minimum Gasteiger partial charge on any atom is -0.466 e. The van der Waals surface area contributed by atoms with Gasteiger partial charge in [0.15, 0.2) is 6.23 Å². The standard InChI is InChI=1S/C9H17NO4/c1-2-9(12)13-6-4-3-5-8(10)14-7-11/h7-8H,2-6,10H2,1H3/t8-/m1/s1. The molecular weight excluding hydrogens is 186 g/mol. The van der Waals surface area contributed by atoms with Crippen LogP contribution in [0.3, 0.4) is 0 Å². The van der Waals surface area contributed by atoms with Crippen LogP contribution in [0.1, 0.15) is 32.6 Å². The molecule has 0 saturated heterocycles. The van der Waals surface area contributed by atoms with Gasteiger partial charge >= 0.3 is 5.97 Å². The van der Waals surface area contributed by atoms with Crippen molar-refractivity contribution in [1.29, 1.82) is 0 Å². The minimum absolute atomic E-state index is 0.196. The topological polar surface area (TPSA) is 78.6 Å². The fourth-order valence-corrected chi connectivity index (χ4v) is 0.875. The van der Waals surface area contributed by atoms with E-state index in [1.807, 2.05) is 0 Å². The summed E-state index contributed by atoms with van der Waals surface area (Å²) in [6.45, 7) is 2.48. The molecule has 0 aromatic heterocycles. The fraction of sp³-hybridized carbons (Fsp3) is 0.778. The first-order chi connectivity index (χ1) is 6.70. The van der Waals surface area contributed by atoms with E-state index in [1.54, 1.807) is 6.92 Å². The van der Waals surface area contributed by atoms with E-state index in [0.29, 0.717) is 25.9 Å². The smallest absolute Gasteiger partial charge is 0.305 e. The van der Waals surface area contributed by atoms with Crippen molar-refractivity contribution in [3.8, 4) is 0 Å². The van der Waals surface area contributed by atoms with Gasteiger partial charge in [0.2, 0.25) is 0 Å². The Labute approximate surface area is 83.5 Å². The van der Waals surface area contributed by atoms with Gasteiger partial charge in [0.25, 0.3) is 6.47 Å². The van der Waals surface area contributed by atoms with Crippen molar-refractivity contribution in [2.45, 2.75) is 38.8 Å². The third-order valence-corrected chi connectivity index (χ3v) is 1.67. The van der Waals surface area contributed by atoms with Crippen molar-refractivity contribution < 1.29 is 19.1 Å². The lowest BCUT2D eigenvalue weighted by atomic mass is 10.2. The van der Waals surface area contributed by atoms with Gasteiger partial charge in [-0.25, -0.2) is 0 Å². The van der Waals surface area contributed by atoms with Gasteiger partial charge < -0.3 is 9.47 Å². The molecule has 0 spiro atoms. The van der Waals surface area contributed by atoms with E-state index >= 15 is 0 Å². The van der Waals surface area contributed by atoms with Crippen LogP contribution in [-0.4, -0.2) is 25.3 Å². The Morgan fingerprint density at radius 3 is 2.79 bits per heavy atom. The van der Waals surface area contributed by atoms with Crippen LogP contribution >= 0.6 is 0 Å². The van der Waals surface area contributed by atoms with Gasteiger partial charge in [-0.05, 0) is 19.3 Å². The Balaban J connectivity index is 3.20. The van der Waals surface area contributed by atoms with E-state index in [9.17, 15) is 9.59 Å². The molecule has 0 bridgehead atoms. The highest BCUT2D eigenvalue weighted by Gasteiger charge is 2.02. The lowest BCUT2D eigenvalue weighted by Crippen LogP contribution is -2.23. The average Bonchev–Trinajstić information content (AvgIpc) is 2.17. The largest absolute Gasteiger partial charge is 0.466 e. The minimum atomic E-state index is -0.547. The van der Waals surface area contributed by atoms with E-state index in [-0.39, 0.29) is 5.97 Å². The highest BCUT2D eigenvalue weighted by atomic mass is 16.5. The third-order valence-electron chi connectivity index (χ3n) is 1.67. The zero-order valence-electron chi connectivity index (χ0n) is 8.40. The molecule has 14 heavy (non-hydrogen) atoms. The van der Waals surface area contributed by atoms with Gasteiger partial charge in [0.1, 0.15) is 0 Å². The van der Waals surface area contributed by atoms with E-state index in [4.69, 9.17) is 10.5 Å². The summed E-state index contributed by atoms with van der Waals surface area (Å²) in [5.41, 5.74) is 5.39. The van der Waals surface area contributed by atoms with Crippen molar-refractivity contribution in [3.05, 3.63) is 0 Å². The first-order valence-corrected chi connectivity index (χ1v) is 4.71. The number of hydrogen-bond donors (Lipinski definition) is 1. The molecule has 0 aromatic carbocycles. The van der Waals surface area contributed by atoms with Crippen molar-refractivity contribution in [1.82, 2.24) is 0 Å². The highest BCUT2D eigenvalue weighted by molar-refractivity contribution is 5.68. The molecule has 0 aliphatic heterocycles. The number of nitrogens with two attached hydrogens (primary N) is 1. The molecule has 2 N–H and O–H groups in total. The Morgan fingerprint density at radius 2 is 2.21 bits per heavy atom. The van der Waals surface area contributed by atoms with E-state index in [1.165, 1.54) is 0 Å². The Bertz CT molecular complexity index is 172. The van der Waals surface area contributed by atoms with Crippen molar-refractivity contribution in [2.24, 2.45) is 5.73 Å². The number of esters is 1. The zero-order chi connectivity index (χ0) is 10.8. The molecule has 0 heterocycles. The number of ether oxygens (including phenoxy) is 2. The maximum absolute atomic E-state index is 10.7. The molecule has 0 fully saturated rings. The molecule has 82 valence electrons. The molecule has 0 unspecified atom stereocenters. The molecule has 0 amide bonds. The predicted molar refractivity (Wildman–Crippen MR) is 50.2 cm³/mol. The van der Waals surface area contributed by atoms with Crippen LogP contribution in [0, 0.1) is 0 Å². The lowest BCUT2D eigenvalue weighted by Gasteiger charge is -2.08. The maximum atomic E-state index is 10.7. The monoisotopic (exact) mass is 203 g/mol. The van der Waals surface area contributed by atoms with Crippen LogP contribution in [0.25, 0.3) is 0 Å². The van der Waals surface area contributed by atoms with Crippen LogP contribution in [0.2, 0.25) is 0 Å². The van der Waals surface area contributed by atoms with Crippen LogP contribution < -0.4 is 5.73 Å². The van der Waals surface area contributed by atoms with Crippen LogP contribution in [0.5, 0.6) is 0 Å². The molecule has 0 aromatic rings. The van der Waals surface area contributed by atoms with Crippen LogP contribution in [0.4, 0.5) is 0 Å². The van der Waals surface area contributed by atoms with Gasteiger partial charge in [-0.3, -0.25) is 15.3 Å². The number of carbonyl (C=O) groups is 2. The normalized spacial score (nSPS) is 11.9. The number of hydrogen-bond acceptors (Lipinski definition) is 5. The summed E-state index contributed by atoms with van der Waals surface area (Å²) in [6.07, 6.45) is 1.94. The molecule has 5 heteroatoms. The van der Waals surface area contributed by atoms with E-state index in [0.717, 1.165) is 12.8 Å². The van der Waals surface area contributed by atoms with E-state index in [2.05, 4.69) is 4.74 Å². The molecule has 0 aliphatic carbocycles. The summed E-state index contributed by atoms with van der Waals surface area (Å²) in [5, 5.41) is 0. The molecule has 0 radical (unpaired) electrons. The first-order valence-electron chi connectivity index (χ1n) is 4.71. The fourth-order valence-electron chi connectivity index (χ4n) is 0.875. The average molecular weight is 203 g/mol. The Kier molecular flexibility index (Phi) is 7.83. The van der Waals surface area contributed by atoms with Gasteiger partial charge in [0, 0.05) is 6.42 Å². The summed E-state index contributed by atoms with van der Waals surface area (Å²) < 4.78 is 9.32. The SMILES string of the molecule is CCC(=O)OCCCC[C@H](N)OC=O. The summed E-state index contributed by atoms with van der Waals surface area (Å²) in [7, 11) is 0. The summed E-state index contributed by atoms with van der Waals surface area (Å²) in [5.74, 6) is -0.196. The quantitative estimate of drug-likeness (QED) is 0.270. The highest BCUT2D eigenvalue weighted by Crippen LogP contribution is 2.00. The summed E-state index contributed by atoms with van der Waals surface area (Å²) in [6, 6.07) is 0. The molecular formula is C9H17NO4. The zero-order valence-corrected chi connectivity index (χ0v) is 8.40. The third kappa shape index (κ3) is 7.54. The van der Waals surface area contributed by atoms with Crippen molar-refractivity contribution in [3.63, 3.8) is 0 Å². The van der Waals surface area contributed by atoms with Gasteiger partial charge in [-0.2, -0.15) is 0 Å². The Hall–Kier alpha value is -1.10. The maximum Gasteiger partial charge on any atom is 0.305 e. The number of rotatable bonds is 8. The van der Waals surface area contributed by atoms with Gasteiger partial charge in [-0.15, -0.1) is 0 Å².